The van der Waals surface area contributed by atoms with E-state index in [1.807, 2.05) is 36.2 Å². The first-order chi connectivity index (χ1) is 9.11. The van der Waals surface area contributed by atoms with Crippen LogP contribution in [-0.2, 0) is 0 Å². The van der Waals surface area contributed by atoms with Gasteiger partial charge in [0.05, 0.1) is 12.7 Å². The lowest BCUT2D eigenvalue weighted by molar-refractivity contribution is 0.0697. The Morgan fingerprint density at radius 3 is 1.89 bits per heavy atom. The van der Waals surface area contributed by atoms with Crippen LogP contribution >= 0.6 is 0 Å². The zero-order valence-corrected chi connectivity index (χ0v) is 10.8. The third-order valence-corrected chi connectivity index (χ3v) is 2.96. The molecule has 0 radical (unpaired) electrons. The number of carboxylic acids is 1. The molecule has 0 spiro atoms. The molecule has 0 amide bonds. The van der Waals surface area contributed by atoms with E-state index in [1.54, 1.807) is 31.4 Å². The molecule has 2 aromatic rings. The lowest BCUT2D eigenvalue weighted by Gasteiger charge is -2.19. The fourth-order valence-corrected chi connectivity index (χ4v) is 1.78. The van der Waals surface area contributed by atoms with Crippen molar-refractivity contribution in [1.82, 2.24) is 0 Å². The number of carbonyl (C=O) groups is 1. The lowest BCUT2D eigenvalue weighted by Crippen LogP contribution is -2.09. The van der Waals surface area contributed by atoms with Crippen molar-refractivity contribution in [2.24, 2.45) is 0 Å². The Morgan fingerprint density at radius 2 is 1.47 bits per heavy atom. The number of aromatic carboxylic acids is 1. The van der Waals surface area contributed by atoms with E-state index >= 15 is 0 Å². The molecule has 0 unspecified atom stereocenters. The molecule has 0 bridgehead atoms. The molecule has 0 heterocycles. The summed E-state index contributed by atoms with van der Waals surface area (Å²) in [6.07, 6.45) is 0. The van der Waals surface area contributed by atoms with Gasteiger partial charge in [-0.3, -0.25) is 0 Å². The first-order valence-corrected chi connectivity index (χ1v) is 5.83. The van der Waals surface area contributed by atoms with E-state index in [-0.39, 0.29) is 5.56 Å². The molecule has 2 rings (SSSR count). The van der Waals surface area contributed by atoms with Gasteiger partial charge in [-0.25, -0.2) is 4.79 Å². The summed E-state index contributed by atoms with van der Waals surface area (Å²) in [5.74, 6) is -0.114. The molecule has 0 aliphatic rings. The average molecular weight is 257 g/mol. The number of hydrogen-bond donors (Lipinski definition) is 1. The van der Waals surface area contributed by atoms with Crippen LogP contribution in [0.15, 0.2) is 48.5 Å². The fourth-order valence-electron chi connectivity index (χ4n) is 1.78. The lowest BCUT2D eigenvalue weighted by atomic mass is 10.2. The molecule has 0 saturated heterocycles. The highest BCUT2D eigenvalue weighted by Crippen LogP contribution is 2.25. The van der Waals surface area contributed by atoms with Crippen LogP contribution in [0.4, 0.5) is 11.4 Å². The number of methoxy groups -OCH3 is 1. The number of ether oxygens (including phenoxy) is 1. The van der Waals surface area contributed by atoms with Crippen LogP contribution in [0.1, 0.15) is 10.4 Å². The summed E-state index contributed by atoms with van der Waals surface area (Å²) in [4.78, 5) is 12.8. The second-order valence-electron chi connectivity index (χ2n) is 4.11. The molecule has 19 heavy (non-hydrogen) atoms. The third kappa shape index (κ3) is 2.85. The zero-order chi connectivity index (χ0) is 13.8. The molecule has 4 nitrogen and oxygen atoms in total. The summed E-state index contributed by atoms with van der Waals surface area (Å²) >= 11 is 0. The van der Waals surface area contributed by atoms with Crippen molar-refractivity contribution < 1.29 is 14.6 Å². The molecule has 4 heteroatoms. The van der Waals surface area contributed by atoms with E-state index in [0.717, 1.165) is 17.1 Å². The fraction of sp³-hybridized carbons (Fsp3) is 0.133. The van der Waals surface area contributed by atoms with Crippen molar-refractivity contribution in [3.63, 3.8) is 0 Å². The Hall–Kier alpha value is -2.49. The van der Waals surface area contributed by atoms with Crippen LogP contribution in [0.25, 0.3) is 0 Å². The maximum atomic E-state index is 10.8. The maximum absolute atomic E-state index is 10.8. The van der Waals surface area contributed by atoms with Gasteiger partial charge in [0.2, 0.25) is 0 Å². The highest BCUT2D eigenvalue weighted by molar-refractivity contribution is 5.88. The summed E-state index contributed by atoms with van der Waals surface area (Å²) in [5.41, 5.74) is 2.21. The summed E-state index contributed by atoms with van der Waals surface area (Å²) in [7, 11) is 3.56. The van der Waals surface area contributed by atoms with Gasteiger partial charge in [-0.05, 0) is 48.5 Å². The molecular weight excluding hydrogens is 242 g/mol. The summed E-state index contributed by atoms with van der Waals surface area (Å²) in [6, 6.07) is 14.4. The monoisotopic (exact) mass is 257 g/mol. The van der Waals surface area contributed by atoms with Gasteiger partial charge in [-0.2, -0.15) is 0 Å². The number of anilines is 2. The zero-order valence-electron chi connectivity index (χ0n) is 10.8. The van der Waals surface area contributed by atoms with Gasteiger partial charge >= 0.3 is 5.97 Å². The van der Waals surface area contributed by atoms with E-state index in [2.05, 4.69) is 0 Å². The van der Waals surface area contributed by atoms with E-state index in [1.165, 1.54) is 0 Å². The maximum Gasteiger partial charge on any atom is 0.335 e. The van der Waals surface area contributed by atoms with Gasteiger partial charge in [0.1, 0.15) is 5.75 Å². The van der Waals surface area contributed by atoms with Gasteiger partial charge in [-0.15, -0.1) is 0 Å². The minimum absolute atomic E-state index is 0.284. The highest BCUT2D eigenvalue weighted by Gasteiger charge is 2.06. The van der Waals surface area contributed by atoms with Gasteiger partial charge < -0.3 is 14.7 Å². The van der Waals surface area contributed by atoms with Crippen LogP contribution in [0.5, 0.6) is 5.75 Å². The average Bonchev–Trinajstić information content (AvgIpc) is 2.46. The smallest absolute Gasteiger partial charge is 0.335 e. The molecule has 98 valence electrons. The summed E-state index contributed by atoms with van der Waals surface area (Å²) in [6.45, 7) is 0. The highest BCUT2D eigenvalue weighted by atomic mass is 16.5. The van der Waals surface area contributed by atoms with Crippen molar-refractivity contribution in [2.45, 2.75) is 0 Å². The molecule has 0 atom stereocenters. The number of nitrogens with zero attached hydrogens (tertiary/aromatic N) is 1. The van der Waals surface area contributed by atoms with Crippen LogP contribution in [0, 0.1) is 0 Å². The minimum Gasteiger partial charge on any atom is -0.497 e. The Bertz CT molecular complexity index is 561. The van der Waals surface area contributed by atoms with Gasteiger partial charge in [-0.1, -0.05) is 0 Å². The quantitative estimate of drug-likeness (QED) is 0.914. The van der Waals surface area contributed by atoms with Crippen LogP contribution in [-0.4, -0.2) is 25.2 Å². The topological polar surface area (TPSA) is 49.8 Å². The molecule has 0 aliphatic carbocycles. The predicted molar refractivity (Wildman–Crippen MR) is 74.5 cm³/mol. The summed E-state index contributed by atoms with van der Waals surface area (Å²) < 4.78 is 5.11. The number of carboxylic acid groups (broad SMARTS) is 1. The van der Waals surface area contributed by atoms with Gasteiger partial charge in [0, 0.05) is 18.4 Å². The van der Waals surface area contributed by atoms with E-state index in [0.29, 0.717) is 0 Å². The van der Waals surface area contributed by atoms with Crippen molar-refractivity contribution in [1.29, 1.82) is 0 Å². The number of benzene rings is 2. The van der Waals surface area contributed by atoms with Crippen molar-refractivity contribution in [2.75, 3.05) is 19.1 Å². The molecule has 0 fully saturated rings. The second-order valence-corrected chi connectivity index (χ2v) is 4.11. The van der Waals surface area contributed by atoms with Crippen molar-refractivity contribution in [3.05, 3.63) is 54.1 Å². The van der Waals surface area contributed by atoms with E-state index in [4.69, 9.17) is 9.84 Å². The van der Waals surface area contributed by atoms with Gasteiger partial charge in [0.25, 0.3) is 0 Å². The minimum atomic E-state index is -0.918. The molecule has 0 saturated carbocycles. The van der Waals surface area contributed by atoms with Gasteiger partial charge in [0.15, 0.2) is 0 Å². The Labute approximate surface area is 111 Å². The van der Waals surface area contributed by atoms with Crippen molar-refractivity contribution >= 4 is 17.3 Å². The normalized spacial score (nSPS) is 10.0. The van der Waals surface area contributed by atoms with E-state index in [9.17, 15) is 4.79 Å². The third-order valence-electron chi connectivity index (χ3n) is 2.96. The summed E-state index contributed by atoms with van der Waals surface area (Å²) in [5, 5.41) is 8.86. The van der Waals surface area contributed by atoms with Crippen LogP contribution < -0.4 is 9.64 Å². The Morgan fingerprint density at radius 1 is 1.00 bits per heavy atom. The molecule has 1 N–H and O–H groups in total. The Balaban J connectivity index is 2.22. The number of hydrogen-bond acceptors (Lipinski definition) is 3. The second kappa shape index (κ2) is 5.44. The molecule has 2 aromatic carbocycles. The van der Waals surface area contributed by atoms with E-state index < -0.39 is 5.97 Å². The molecular formula is C15H15NO3. The van der Waals surface area contributed by atoms with Crippen LogP contribution in [0.2, 0.25) is 0 Å². The first kappa shape index (κ1) is 13.0. The largest absolute Gasteiger partial charge is 0.497 e. The molecule has 0 aliphatic heterocycles. The molecule has 0 aromatic heterocycles. The first-order valence-electron chi connectivity index (χ1n) is 5.83. The number of rotatable bonds is 4. The SMILES string of the molecule is COc1ccc(N(C)c2ccc(C(=O)O)cc2)cc1. The Kier molecular flexibility index (Phi) is 3.71. The predicted octanol–water partition coefficient (Wildman–Crippen LogP) is 3.16. The van der Waals surface area contributed by atoms with Crippen LogP contribution in [0.3, 0.4) is 0 Å². The van der Waals surface area contributed by atoms with Crippen molar-refractivity contribution in [3.8, 4) is 5.75 Å². The standard InChI is InChI=1S/C15H15NO3/c1-16(13-7-9-14(19-2)10-8-13)12-5-3-11(4-6-12)15(17)18/h3-10H,1-2H3,(H,17,18).